The summed E-state index contributed by atoms with van der Waals surface area (Å²) in [5.74, 6) is 0. The Kier molecular flexibility index (Phi) is 5.98. The molecule has 10 rings (SSSR count). The van der Waals surface area contributed by atoms with Crippen LogP contribution in [0.4, 0.5) is 0 Å². The van der Waals surface area contributed by atoms with Crippen molar-refractivity contribution in [3.05, 3.63) is 238 Å². The predicted molar refractivity (Wildman–Crippen MR) is 202 cm³/mol. The molecule has 0 atom stereocenters. The molecule has 0 radical (unpaired) electrons. The third-order valence-electron chi connectivity index (χ3n) is 10.2. The fraction of sp³-hybridized carbons (Fsp3) is 0. The monoisotopic (exact) mass is 606 g/mol. The average Bonchev–Trinajstić information content (AvgIpc) is 3.93. The van der Waals surface area contributed by atoms with Gasteiger partial charge in [-0.15, -0.1) is 0 Å². The molecular formula is C48H30. The molecule has 0 aliphatic heterocycles. The van der Waals surface area contributed by atoms with Gasteiger partial charge in [0.1, 0.15) is 0 Å². The Morgan fingerprint density at radius 2 is 0.417 bits per heavy atom. The number of fused-ring (bicyclic) bond motifs is 4. The lowest BCUT2D eigenvalue weighted by atomic mass is 9.94. The van der Waals surface area contributed by atoms with Gasteiger partial charge in [-0.05, 0) is 125 Å². The average molecular weight is 607 g/mol. The van der Waals surface area contributed by atoms with Gasteiger partial charge in [0.25, 0.3) is 0 Å². The second kappa shape index (κ2) is 10.7. The maximum atomic E-state index is 2.45. The van der Waals surface area contributed by atoms with E-state index in [1.165, 1.54) is 100 Å². The highest BCUT2D eigenvalue weighted by atomic mass is 14.3. The summed E-state index contributed by atoms with van der Waals surface area (Å²) in [5.41, 5.74) is 23.1. The van der Waals surface area contributed by atoms with Crippen LogP contribution in [-0.2, 0) is 0 Å². The van der Waals surface area contributed by atoms with Gasteiger partial charge in [-0.2, -0.15) is 0 Å². The van der Waals surface area contributed by atoms with Crippen molar-refractivity contribution in [3.63, 3.8) is 0 Å². The van der Waals surface area contributed by atoms with E-state index >= 15 is 0 Å². The Bertz CT molecular complexity index is 2330. The first-order valence-electron chi connectivity index (χ1n) is 16.7. The molecule has 0 N–H and O–H groups in total. The highest BCUT2D eigenvalue weighted by Gasteiger charge is 2.32. The van der Waals surface area contributed by atoms with Crippen molar-refractivity contribution in [2.45, 2.75) is 0 Å². The van der Waals surface area contributed by atoms with Gasteiger partial charge in [0, 0.05) is 0 Å². The molecule has 0 saturated carbocycles. The molecule has 0 bridgehead atoms. The van der Waals surface area contributed by atoms with Crippen LogP contribution in [0.1, 0.15) is 55.6 Å². The van der Waals surface area contributed by atoms with Crippen LogP contribution in [-0.4, -0.2) is 0 Å². The molecule has 0 heteroatoms. The second-order valence-corrected chi connectivity index (χ2v) is 12.8. The zero-order valence-electron chi connectivity index (χ0n) is 26.3. The third kappa shape index (κ3) is 4.03. The maximum Gasteiger partial charge on any atom is -0.00923 e. The zero-order chi connectivity index (χ0) is 31.6. The zero-order valence-corrected chi connectivity index (χ0v) is 26.3. The Morgan fingerprint density at radius 3 is 0.729 bits per heavy atom. The van der Waals surface area contributed by atoms with E-state index in [9.17, 15) is 0 Å². The molecule has 222 valence electrons. The largest absolute Gasteiger partial charge is 0.0622 e. The van der Waals surface area contributed by atoms with Crippen molar-refractivity contribution in [1.29, 1.82) is 0 Å². The number of rotatable bonds is 3. The van der Waals surface area contributed by atoms with Crippen LogP contribution in [0.25, 0.3) is 44.6 Å². The summed E-state index contributed by atoms with van der Waals surface area (Å²) in [6, 6.07) is 57.2. The molecule has 4 aliphatic carbocycles. The smallest absolute Gasteiger partial charge is 0.00923 e. The highest BCUT2D eigenvalue weighted by Crippen LogP contribution is 2.53. The van der Waals surface area contributed by atoms with Crippen LogP contribution in [0, 0.1) is 0 Å². The van der Waals surface area contributed by atoms with Gasteiger partial charge in [-0.25, -0.2) is 0 Å². The molecule has 0 nitrogen and oxygen atoms in total. The van der Waals surface area contributed by atoms with Crippen molar-refractivity contribution in [2.75, 3.05) is 0 Å². The van der Waals surface area contributed by atoms with Crippen molar-refractivity contribution < 1.29 is 0 Å². The van der Waals surface area contributed by atoms with Gasteiger partial charge in [-0.1, -0.05) is 158 Å². The lowest BCUT2D eigenvalue weighted by Gasteiger charge is -2.09. The van der Waals surface area contributed by atoms with Crippen molar-refractivity contribution in [2.24, 2.45) is 0 Å². The van der Waals surface area contributed by atoms with Crippen LogP contribution in [0.3, 0.4) is 0 Å². The van der Waals surface area contributed by atoms with Crippen LogP contribution in [0.5, 0.6) is 0 Å². The van der Waals surface area contributed by atoms with E-state index in [0.29, 0.717) is 0 Å². The summed E-state index contributed by atoms with van der Waals surface area (Å²) in [4.78, 5) is 0. The first-order valence-corrected chi connectivity index (χ1v) is 16.7. The Balaban J connectivity index is 1.20. The van der Waals surface area contributed by atoms with E-state index < -0.39 is 0 Å². The van der Waals surface area contributed by atoms with Gasteiger partial charge in [0.2, 0.25) is 0 Å². The van der Waals surface area contributed by atoms with Crippen LogP contribution in [0.15, 0.2) is 182 Å². The van der Waals surface area contributed by atoms with Crippen LogP contribution >= 0.6 is 0 Å². The molecule has 0 unspecified atom stereocenters. The molecule has 4 aliphatic rings. The van der Waals surface area contributed by atoms with Crippen molar-refractivity contribution in [3.8, 4) is 0 Å². The van der Waals surface area contributed by atoms with Crippen molar-refractivity contribution >= 4 is 44.6 Å². The minimum absolute atomic E-state index is 1.25. The van der Waals surface area contributed by atoms with Crippen LogP contribution in [0.2, 0.25) is 0 Å². The fourth-order valence-electron chi connectivity index (χ4n) is 8.06. The first-order chi connectivity index (χ1) is 23.8. The Morgan fingerprint density at radius 1 is 0.188 bits per heavy atom. The molecule has 0 amide bonds. The van der Waals surface area contributed by atoms with E-state index in [1.807, 2.05) is 0 Å². The number of benzene rings is 6. The summed E-state index contributed by atoms with van der Waals surface area (Å²) >= 11 is 0. The SMILES string of the molecule is C1=C(C2=C/C(=C3/C=C(c4ccccc4)c4ccccc43)c3ccccc32)c2ccccc2/C1=C1\C=C(c2ccccc2)c2ccccc21. The van der Waals surface area contributed by atoms with Gasteiger partial charge < -0.3 is 0 Å². The van der Waals surface area contributed by atoms with Gasteiger partial charge in [0.15, 0.2) is 0 Å². The predicted octanol–water partition coefficient (Wildman–Crippen LogP) is 11.9. The summed E-state index contributed by atoms with van der Waals surface area (Å²) in [6.07, 6.45) is 9.71. The fourth-order valence-corrected chi connectivity index (χ4v) is 8.06. The first kappa shape index (κ1) is 26.9. The Hall–Kier alpha value is -6.24. The Labute approximate surface area is 281 Å². The summed E-state index contributed by atoms with van der Waals surface area (Å²) in [5, 5.41) is 0. The minimum Gasteiger partial charge on any atom is -0.0622 e. The molecule has 0 aromatic heterocycles. The third-order valence-corrected chi connectivity index (χ3v) is 10.2. The molecule has 48 heavy (non-hydrogen) atoms. The van der Waals surface area contributed by atoms with Gasteiger partial charge in [0.05, 0.1) is 0 Å². The molecule has 0 spiro atoms. The van der Waals surface area contributed by atoms with Crippen LogP contribution < -0.4 is 0 Å². The van der Waals surface area contributed by atoms with E-state index in [1.54, 1.807) is 0 Å². The van der Waals surface area contributed by atoms with Gasteiger partial charge >= 0.3 is 0 Å². The normalized spacial score (nSPS) is 18.4. The molecule has 0 saturated heterocycles. The number of allylic oxidation sites excluding steroid dienone is 10. The lowest BCUT2D eigenvalue weighted by molar-refractivity contribution is 1.55. The van der Waals surface area contributed by atoms with Gasteiger partial charge in [-0.3, -0.25) is 0 Å². The van der Waals surface area contributed by atoms with E-state index in [-0.39, 0.29) is 0 Å². The summed E-state index contributed by atoms with van der Waals surface area (Å²) < 4.78 is 0. The number of hydrogen-bond donors (Lipinski definition) is 0. The second-order valence-electron chi connectivity index (χ2n) is 12.8. The molecular weight excluding hydrogens is 577 g/mol. The highest BCUT2D eigenvalue weighted by molar-refractivity contribution is 6.26. The molecule has 0 heterocycles. The number of hydrogen-bond acceptors (Lipinski definition) is 0. The standard InChI is InChI=1S/C48H30/c1-3-15-31(16-4-1)41-27-43(35-21-9-7-19-33(35)41)45-29-47(39-25-13-11-23-37(39)45)48-30-46(38-24-12-14-26-40(38)48)44-28-42(32-17-5-2-6-18-32)34-20-8-10-22-36(34)44/h1-30H/b45-43+,46-44+. The molecule has 6 aromatic carbocycles. The van der Waals surface area contributed by atoms with E-state index in [2.05, 4.69) is 182 Å². The summed E-state index contributed by atoms with van der Waals surface area (Å²) in [6.45, 7) is 0. The minimum atomic E-state index is 1.25. The van der Waals surface area contributed by atoms with E-state index in [0.717, 1.165) is 0 Å². The molecule has 6 aromatic rings. The lowest BCUT2D eigenvalue weighted by Crippen LogP contribution is -1.89. The quantitative estimate of drug-likeness (QED) is 0.188. The topological polar surface area (TPSA) is 0 Å². The van der Waals surface area contributed by atoms with Crippen molar-refractivity contribution in [1.82, 2.24) is 0 Å². The van der Waals surface area contributed by atoms with E-state index in [4.69, 9.17) is 0 Å². The maximum absolute atomic E-state index is 2.45. The summed E-state index contributed by atoms with van der Waals surface area (Å²) in [7, 11) is 0. The molecule has 0 fully saturated rings.